The summed E-state index contributed by atoms with van der Waals surface area (Å²) in [6, 6.07) is 10.6. The molecule has 2 nitrogen and oxygen atoms in total. The maximum Gasteiger partial charge on any atom is 0.168 e. The number of nitrogens with zero attached hydrogens (tertiary/aromatic N) is 1. The van der Waals surface area contributed by atoms with Crippen molar-refractivity contribution < 1.29 is 4.74 Å². The van der Waals surface area contributed by atoms with Crippen molar-refractivity contribution in [2.24, 2.45) is 0 Å². The SMILES string of the molecule is COc1cccc(-c2ccn([Si](C(C)C)(C(C)C)C(C)C)c2)c1. The Morgan fingerprint density at radius 1 is 0.870 bits per heavy atom. The summed E-state index contributed by atoms with van der Waals surface area (Å²) in [6.45, 7) is 14.4. The lowest BCUT2D eigenvalue weighted by Gasteiger charge is -2.44. The first-order chi connectivity index (χ1) is 10.8. The average molecular weight is 330 g/mol. The van der Waals surface area contributed by atoms with Gasteiger partial charge in [0.05, 0.1) is 7.11 Å². The molecular formula is C20H31NOSi. The first-order valence-electron chi connectivity index (χ1n) is 8.66. The molecule has 126 valence electrons. The highest BCUT2D eigenvalue weighted by molar-refractivity contribution is 6.82. The molecule has 0 atom stereocenters. The Hall–Kier alpha value is -1.48. The molecule has 2 rings (SSSR count). The number of aromatic nitrogens is 1. The van der Waals surface area contributed by atoms with Gasteiger partial charge in [-0.1, -0.05) is 53.7 Å². The van der Waals surface area contributed by atoms with Crippen LogP contribution in [0.2, 0.25) is 16.6 Å². The molecule has 0 aliphatic heterocycles. The quantitative estimate of drug-likeness (QED) is 0.577. The summed E-state index contributed by atoms with van der Waals surface area (Å²) in [5.74, 6) is 0.912. The van der Waals surface area contributed by atoms with Crippen LogP contribution >= 0.6 is 0 Å². The minimum absolute atomic E-state index is 0.702. The summed E-state index contributed by atoms with van der Waals surface area (Å²) in [4.78, 5) is 0. The fourth-order valence-corrected chi connectivity index (χ4v) is 11.0. The van der Waals surface area contributed by atoms with Gasteiger partial charge in [0.15, 0.2) is 8.24 Å². The Bertz CT molecular complexity index is 621. The summed E-state index contributed by atoms with van der Waals surface area (Å²) in [7, 11) is 0.0685. The van der Waals surface area contributed by atoms with Gasteiger partial charge in [-0.25, -0.2) is 0 Å². The first-order valence-corrected chi connectivity index (χ1v) is 10.8. The van der Waals surface area contributed by atoms with E-state index in [0.29, 0.717) is 16.6 Å². The zero-order chi connectivity index (χ0) is 17.2. The highest BCUT2D eigenvalue weighted by Gasteiger charge is 2.44. The van der Waals surface area contributed by atoms with Crippen LogP contribution in [0.3, 0.4) is 0 Å². The van der Waals surface area contributed by atoms with Crippen LogP contribution < -0.4 is 4.74 Å². The normalized spacial score (nSPS) is 12.4. The molecule has 0 saturated heterocycles. The standard InChI is InChI=1S/C20H31NOSi/c1-15(2)23(16(3)4,17(5)6)21-12-11-19(14-21)18-9-8-10-20(13-18)22-7/h8-17H,1-7H3. The summed E-state index contributed by atoms with van der Waals surface area (Å²) in [6.07, 6.45) is 4.67. The molecule has 0 aliphatic carbocycles. The number of hydrogen-bond donors (Lipinski definition) is 0. The van der Waals surface area contributed by atoms with Gasteiger partial charge >= 0.3 is 0 Å². The molecule has 0 N–H and O–H groups in total. The van der Waals surface area contributed by atoms with Crippen LogP contribution in [0.15, 0.2) is 42.7 Å². The molecular weight excluding hydrogens is 298 g/mol. The van der Waals surface area contributed by atoms with Gasteiger partial charge in [0, 0.05) is 6.20 Å². The molecule has 0 aliphatic rings. The average Bonchev–Trinajstić information content (AvgIpc) is 2.96. The lowest BCUT2D eigenvalue weighted by molar-refractivity contribution is 0.415. The van der Waals surface area contributed by atoms with Crippen molar-refractivity contribution in [2.75, 3.05) is 7.11 Å². The van der Waals surface area contributed by atoms with Crippen molar-refractivity contribution in [3.05, 3.63) is 42.7 Å². The molecule has 0 unspecified atom stereocenters. The monoisotopic (exact) mass is 329 g/mol. The van der Waals surface area contributed by atoms with Crippen molar-refractivity contribution in [2.45, 2.75) is 58.2 Å². The fourth-order valence-electron chi connectivity index (χ4n) is 4.51. The predicted octanol–water partition coefficient (Wildman–Crippen LogP) is 6.19. The molecule has 0 amide bonds. The van der Waals surface area contributed by atoms with Crippen molar-refractivity contribution in [1.82, 2.24) is 4.23 Å². The van der Waals surface area contributed by atoms with Gasteiger partial charge in [0.2, 0.25) is 0 Å². The molecule has 23 heavy (non-hydrogen) atoms. The van der Waals surface area contributed by atoms with E-state index in [4.69, 9.17) is 4.74 Å². The second-order valence-electron chi connectivity index (χ2n) is 7.39. The molecule has 1 heterocycles. The van der Waals surface area contributed by atoms with Gasteiger partial charge < -0.3 is 8.97 Å². The van der Waals surface area contributed by atoms with Gasteiger partial charge in [-0.2, -0.15) is 0 Å². The van der Waals surface area contributed by atoms with E-state index in [1.807, 2.05) is 6.07 Å². The van der Waals surface area contributed by atoms with Crippen molar-refractivity contribution in [3.63, 3.8) is 0 Å². The first kappa shape index (κ1) is 17.9. The van der Waals surface area contributed by atoms with Gasteiger partial charge in [0.25, 0.3) is 0 Å². The predicted molar refractivity (Wildman–Crippen MR) is 103 cm³/mol. The third kappa shape index (κ3) is 3.12. The summed E-state index contributed by atoms with van der Waals surface area (Å²) in [5.41, 5.74) is 4.61. The Balaban J connectivity index is 2.50. The van der Waals surface area contributed by atoms with Crippen LogP contribution in [0, 0.1) is 0 Å². The van der Waals surface area contributed by atoms with E-state index in [2.05, 4.69) is 82.4 Å². The van der Waals surface area contributed by atoms with Crippen molar-refractivity contribution >= 4 is 8.24 Å². The number of benzene rings is 1. The van der Waals surface area contributed by atoms with Gasteiger partial charge in [0.1, 0.15) is 5.75 Å². The van der Waals surface area contributed by atoms with Gasteiger partial charge in [-0.3, -0.25) is 0 Å². The van der Waals surface area contributed by atoms with Crippen LogP contribution in [-0.4, -0.2) is 19.6 Å². The molecule has 0 fully saturated rings. The summed E-state index contributed by atoms with van der Waals surface area (Å²) < 4.78 is 7.95. The van der Waals surface area contributed by atoms with E-state index < -0.39 is 8.24 Å². The largest absolute Gasteiger partial charge is 0.497 e. The highest BCUT2D eigenvalue weighted by atomic mass is 28.3. The Morgan fingerprint density at radius 2 is 1.48 bits per heavy atom. The van der Waals surface area contributed by atoms with E-state index >= 15 is 0 Å². The maximum absolute atomic E-state index is 5.37. The lowest BCUT2D eigenvalue weighted by Crippen LogP contribution is -2.51. The van der Waals surface area contributed by atoms with Crippen LogP contribution in [0.1, 0.15) is 41.5 Å². The molecule has 0 bridgehead atoms. The third-order valence-electron chi connectivity index (χ3n) is 5.32. The second kappa shape index (κ2) is 6.96. The molecule has 3 heteroatoms. The van der Waals surface area contributed by atoms with E-state index in [0.717, 1.165) is 5.75 Å². The lowest BCUT2D eigenvalue weighted by atomic mass is 10.1. The van der Waals surface area contributed by atoms with E-state index in [1.54, 1.807) is 7.11 Å². The Morgan fingerprint density at radius 3 is 2.00 bits per heavy atom. The maximum atomic E-state index is 5.37. The summed E-state index contributed by atoms with van der Waals surface area (Å²) in [5, 5.41) is 0. The van der Waals surface area contributed by atoms with Crippen LogP contribution in [0.4, 0.5) is 0 Å². The third-order valence-corrected chi connectivity index (χ3v) is 12.0. The van der Waals surface area contributed by atoms with Crippen LogP contribution in [0.5, 0.6) is 5.75 Å². The topological polar surface area (TPSA) is 14.2 Å². The van der Waals surface area contributed by atoms with E-state index in [9.17, 15) is 0 Å². The van der Waals surface area contributed by atoms with Crippen molar-refractivity contribution in [3.8, 4) is 16.9 Å². The fraction of sp³-hybridized carbons (Fsp3) is 0.500. The van der Waals surface area contributed by atoms with Gasteiger partial charge in [-0.05, 0) is 52.1 Å². The number of ether oxygens (including phenoxy) is 1. The second-order valence-corrected chi connectivity index (χ2v) is 13.1. The molecule has 0 spiro atoms. The Labute approximate surface area is 142 Å². The zero-order valence-corrected chi connectivity index (χ0v) is 16.6. The molecule has 2 aromatic rings. The van der Waals surface area contributed by atoms with E-state index in [-0.39, 0.29) is 0 Å². The number of methoxy groups -OCH3 is 1. The molecule has 1 aromatic heterocycles. The highest BCUT2D eigenvalue weighted by Crippen LogP contribution is 2.43. The molecule has 0 saturated carbocycles. The summed E-state index contributed by atoms with van der Waals surface area (Å²) >= 11 is 0. The molecule has 0 radical (unpaired) electrons. The minimum Gasteiger partial charge on any atom is -0.497 e. The Kier molecular flexibility index (Phi) is 5.40. The van der Waals surface area contributed by atoms with E-state index in [1.165, 1.54) is 11.1 Å². The smallest absolute Gasteiger partial charge is 0.168 e. The minimum atomic E-state index is -1.65. The van der Waals surface area contributed by atoms with Crippen LogP contribution in [0.25, 0.3) is 11.1 Å². The van der Waals surface area contributed by atoms with Crippen molar-refractivity contribution in [1.29, 1.82) is 0 Å². The number of rotatable bonds is 6. The van der Waals surface area contributed by atoms with Crippen LogP contribution in [-0.2, 0) is 0 Å². The zero-order valence-electron chi connectivity index (χ0n) is 15.6. The molecule has 1 aromatic carbocycles. The van der Waals surface area contributed by atoms with Gasteiger partial charge in [-0.15, -0.1) is 0 Å². The number of hydrogen-bond acceptors (Lipinski definition) is 1.